The van der Waals surface area contributed by atoms with E-state index in [0.29, 0.717) is 17.7 Å². The average Bonchev–Trinajstić information content (AvgIpc) is 2.36. The van der Waals surface area contributed by atoms with Crippen LogP contribution in [0.3, 0.4) is 0 Å². The highest BCUT2D eigenvalue weighted by Gasteiger charge is 2.11. The molecule has 17 heavy (non-hydrogen) atoms. The lowest BCUT2D eigenvalue weighted by atomic mass is 9.94. The van der Waals surface area contributed by atoms with E-state index >= 15 is 0 Å². The zero-order chi connectivity index (χ0) is 12.7. The number of ether oxygens (including phenoxy) is 1. The molecule has 4 nitrogen and oxygen atoms in total. The smallest absolute Gasteiger partial charge is 0.174 e. The molecule has 0 aliphatic carbocycles. The predicted octanol–water partition coefficient (Wildman–Crippen LogP) is 2.48. The van der Waals surface area contributed by atoms with Crippen molar-refractivity contribution in [3.05, 3.63) is 29.3 Å². The lowest BCUT2D eigenvalue weighted by Crippen LogP contribution is -1.99. The van der Waals surface area contributed by atoms with E-state index in [0.717, 1.165) is 5.56 Å². The third-order valence-electron chi connectivity index (χ3n) is 2.38. The highest BCUT2D eigenvalue weighted by Crippen LogP contribution is 2.26. The lowest BCUT2D eigenvalue weighted by molar-refractivity contribution is 0.367. The van der Waals surface area contributed by atoms with Crippen LogP contribution in [0.4, 0.5) is 0 Å². The lowest BCUT2D eigenvalue weighted by Gasteiger charge is -2.11. The molecular weight excluding hydrogens is 214 g/mol. The Labute approximate surface area is 100 Å². The van der Waals surface area contributed by atoms with E-state index in [1.807, 2.05) is 13.0 Å². The van der Waals surface area contributed by atoms with Crippen LogP contribution in [-0.4, -0.2) is 6.61 Å². The summed E-state index contributed by atoms with van der Waals surface area (Å²) in [5, 5.41) is 26.1. The van der Waals surface area contributed by atoms with Crippen LogP contribution in [0.25, 0.3) is 0 Å². The normalized spacial score (nSPS) is 10.7. The summed E-state index contributed by atoms with van der Waals surface area (Å²) in [6, 6.07) is 11.1. The van der Waals surface area contributed by atoms with E-state index < -0.39 is 0 Å². The van der Waals surface area contributed by atoms with Crippen LogP contribution in [0.5, 0.6) is 5.75 Å². The van der Waals surface area contributed by atoms with Crippen molar-refractivity contribution in [3.63, 3.8) is 0 Å². The van der Waals surface area contributed by atoms with Crippen molar-refractivity contribution in [2.45, 2.75) is 19.3 Å². The minimum atomic E-state index is -0.0298. The van der Waals surface area contributed by atoms with Gasteiger partial charge in [0.25, 0.3) is 0 Å². The first-order chi connectivity index (χ1) is 8.22. The summed E-state index contributed by atoms with van der Waals surface area (Å²) < 4.78 is 5.17. The van der Waals surface area contributed by atoms with Gasteiger partial charge in [0.2, 0.25) is 0 Å². The third-order valence-corrected chi connectivity index (χ3v) is 2.38. The van der Waals surface area contributed by atoms with Crippen LogP contribution in [-0.2, 0) is 0 Å². The first kappa shape index (κ1) is 12.6. The molecule has 4 heteroatoms. The number of benzene rings is 1. The summed E-state index contributed by atoms with van der Waals surface area (Å²) in [4.78, 5) is 0. The molecule has 0 fully saturated rings. The molecule has 0 saturated heterocycles. The number of nitriles is 3. The maximum Gasteiger partial charge on any atom is 0.174 e. The molecule has 0 bridgehead atoms. The van der Waals surface area contributed by atoms with Gasteiger partial charge < -0.3 is 4.74 Å². The molecule has 1 unspecified atom stereocenters. The van der Waals surface area contributed by atoms with Crippen LogP contribution in [0.2, 0.25) is 0 Å². The number of rotatable bonds is 4. The fraction of sp³-hybridized carbons (Fsp3) is 0.308. The third kappa shape index (κ3) is 3.23. The van der Waals surface area contributed by atoms with Crippen LogP contribution in [0, 0.1) is 34.0 Å². The highest BCUT2D eigenvalue weighted by molar-refractivity contribution is 5.44. The van der Waals surface area contributed by atoms with Gasteiger partial charge in [-0.2, -0.15) is 15.8 Å². The Morgan fingerprint density at radius 3 is 2.59 bits per heavy atom. The first-order valence-electron chi connectivity index (χ1n) is 5.13. The molecule has 0 aromatic heterocycles. The van der Waals surface area contributed by atoms with Gasteiger partial charge in [0.1, 0.15) is 11.8 Å². The van der Waals surface area contributed by atoms with Gasteiger partial charge in [-0.15, -0.1) is 0 Å². The largest absolute Gasteiger partial charge is 0.479 e. The Bertz CT molecular complexity index is 517. The van der Waals surface area contributed by atoms with Gasteiger partial charge in [-0.25, -0.2) is 0 Å². The fourth-order valence-electron chi connectivity index (χ4n) is 1.50. The van der Waals surface area contributed by atoms with Gasteiger partial charge >= 0.3 is 0 Å². The minimum absolute atomic E-state index is 0.0275. The molecular formula is C13H11N3O. The van der Waals surface area contributed by atoms with Crippen molar-refractivity contribution in [1.29, 1.82) is 15.8 Å². The molecule has 0 radical (unpaired) electrons. The van der Waals surface area contributed by atoms with Crippen LogP contribution in [0.15, 0.2) is 18.2 Å². The standard InChI is InChI=1S/C13H11N3O/c1-10(4-5-14)13-8-12(17-7-6-15)3-2-11(13)9-16/h2-3,8,10H,4,7H2,1H3. The van der Waals surface area contributed by atoms with Crippen molar-refractivity contribution >= 4 is 0 Å². The summed E-state index contributed by atoms with van der Waals surface area (Å²) in [6.07, 6.45) is 0.344. The molecule has 0 amide bonds. The average molecular weight is 225 g/mol. The Balaban J connectivity index is 3.04. The van der Waals surface area contributed by atoms with E-state index in [9.17, 15) is 0 Å². The quantitative estimate of drug-likeness (QED) is 0.788. The van der Waals surface area contributed by atoms with E-state index in [-0.39, 0.29) is 12.5 Å². The van der Waals surface area contributed by atoms with Crippen LogP contribution >= 0.6 is 0 Å². The zero-order valence-electron chi connectivity index (χ0n) is 9.47. The van der Waals surface area contributed by atoms with Crippen molar-refractivity contribution in [3.8, 4) is 24.0 Å². The van der Waals surface area contributed by atoms with Gasteiger partial charge in [-0.3, -0.25) is 0 Å². The molecule has 1 aromatic carbocycles. The fourth-order valence-corrected chi connectivity index (χ4v) is 1.50. The Morgan fingerprint density at radius 1 is 1.24 bits per heavy atom. The maximum absolute atomic E-state index is 8.98. The van der Waals surface area contributed by atoms with E-state index in [1.165, 1.54) is 0 Å². The van der Waals surface area contributed by atoms with Gasteiger partial charge in [0.05, 0.1) is 17.7 Å². The summed E-state index contributed by atoms with van der Waals surface area (Å²) >= 11 is 0. The molecule has 0 saturated carbocycles. The molecule has 0 N–H and O–H groups in total. The van der Waals surface area contributed by atoms with Gasteiger partial charge in [-0.1, -0.05) is 6.92 Å². The number of nitrogens with zero attached hydrogens (tertiary/aromatic N) is 3. The molecule has 1 atom stereocenters. The van der Waals surface area contributed by atoms with Crippen molar-refractivity contribution in [1.82, 2.24) is 0 Å². The summed E-state index contributed by atoms with van der Waals surface area (Å²) in [5.41, 5.74) is 1.32. The van der Waals surface area contributed by atoms with Gasteiger partial charge in [-0.05, 0) is 29.7 Å². The number of hydrogen-bond donors (Lipinski definition) is 0. The molecule has 0 heterocycles. The van der Waals surface area contributed by atoms with Gasteiger partial charge in [0, 0.05) is 6.42 Å². The van der Waals surface area contributed by atoms with Crippen LogP contribution in [0.1, 0.15) is 30.4 Å². The highest BCUT2D eigenvalue weighted by atomic mass is 16.5. The van der Waals surface area contributed by atoms with Crippen LogP contribution < -0.4 is 4.74 Å². The Morgan fingerprint density at radius 2 is 2.00 bits per heavy atom. The summed E-state index contributed by atoms with van der Waals surface area (Å²) in [6.45, 7) is 1.85. The Hall–Kier alpha value is -2.51. The van der Waals surface area contributed by atoms with Crippen molar-refractivity contribution < 1.29 is 4.74 Å². The molecule has 0 spiro atoms. The SMILES string of the molecule is CC(CC#N)c1cc(OCC#N)ccc1C#N. The van der Waals surface area contributed by atoms with E-state index in [1.54, 1.807) is 18.2 Å². The molecule has 84 valence electrons. The summed E-state index contributed by atoms with van der Waals surface area (Å²) in [7, 11) is 0. The molecule has 1 rings (SSSR count). The second kappa shape index (κ2) is 6.16. The van der Waals surface area contributed by atoms with E-state index in [2.05, 4.69) is 12.1 Å². The second-order valence-electron chi connectivity index (χ2n) is 3.57. The Kier molecular flexibility index (Phi) is 4.55. The van der Waals surface area contributed by atoms with E-state index in [4.69, 9.17) is 20.5 Å². The minimum Gasteiger partial charge on any atom is -0.479 e. The molecule has 0 aliphatic heterocycles. The topological polar surface area (TPSA) is 80.6 Å². The predicted molar refractivity (Wildman–Crippen MR) is 60.9 cm³/mol. The first-order valence-corrected chi connectivity index (χ1v) is 5.13. The molecule has 0 aliphatic rings. The maximum atomic E-state index is 8.98. The zero-order valence-corrected chi connectivity index (χ0v) is 9.47. The van der Waals surface area contributed by atoms with Crippen molar-refractivity contribution in [2.75, 3.05) is 6.61 Å². The monoisotopic (exact) mass is 225 g/mol. The second-order valence-corrected chi connectivity index (χ2v) is 3.57. The van der Waals surface area contributed by atoms with Crippen molar-refractivity contribution in [2.24, 2.45) is 0 Å². The summed E-state index contributed by atoms with van der Waals surface area (Å²) in [5.74, 6) is 0.519. The molecule has 1 aromatic rings. The number of hydrogen-bond acceptors (Lipinski definition) is 4. The van der Waals surface area contributed by atoms with Gasteiger partial charge in [0.15, 0.2) is 6.61 Å².